The highest BCUT2D eigenvalue weighted by Gasteiger charge is 2.37. The Morgan fingerprint density at radius 1 is 1.00 bits per heavy atom. The fourth-order valence-corrected chi connectivity index (χ4v) is 1.54. The van der Waals surface area contributed by atoms with Crippen molar-refractivity contribution in [1.82, 2.24) is 5.32 Å². The lowest BCUT2D eigenvalue weighted by Crippen LogP contribution is -2.22. The first-order valence-electron chi connectivity index (χ1n) is 5.17. The van der Waals surface area contributed by atoms with E-state index in [0.717, 1.165) is 0 Å². The Labute approximate surface area is 105 Å². The zero-order chi connectivity index (χ0) is 14.8. The Morgan fingerprint density at radius 3 is 1.68 bits per heavy atom. The fourth-order valence-electron chi connectivity index (χ4n) is 1.54. The Morgan fingerprint density at radius 2 is 1.42 bits per heavy atom. The summed E-state index contributed by atoms with van der Waals surface area (Å²) in [6.07, 6.45) is -9.77. The molecule has 0 aliphatic heterocycles. The van der Waals surface area contributed by atoms with E-state index in [1.165, 1.54) is 7.05 Å². The lowest BCUT2D eigenvalue weighted by molar-refractivity contribution is -0.143. The van der Waals surface area contributed by atoms with E-state index in [0.29, 0.717) is 12.1 Å². The van der Waals surface area contributed by atoms with Crippen LogP contribution in [0, 0.1) is 0 Å². The summed E-state index contributed by atoms with van der Waals surface area (Å²) >= 11 is 0. The normalized spacial score (nSPS) is 14.5. The summed E-state index contributed by atoms with van der Waals surface area (Å²) in [6.45, 7) is -0.616. The smallest absolute Gasteiger partial charge is 0.394 e. The fraction of sp³-hybridized carbons (Fsp3) is 0.455. The molecule has 1 atom stereocenters. The van der Waals surface area contributed by atoms with Crippen LogP contribution in [-0.4, -0.2) is 18.8 Å². The van der Waals surface area contributed by atoms with Crippen molar-refractivity contribution in [2.24, 2.45) is 0 Å². The second kappa shape index (κ2) is 5.38. The molecule has 0 radical (unpaired) electrons. The molecule has 0 saturated carbocycles. The number of benzene rings is 1. The van der Waals surface area contributed by atoms with Gasteiger partial charge >= 0.3 is 12.4 Å². The monoisotopic (exact) mass is 287 g/mol. The molecule has 0 aromatic heterocycles. The van der Waals surface area contributed by atoms with Crippen LogP contribution in [0.15, 0.2) is 18.2 Å². The summed E-state index contributed by atoms with van der Waals surface area (Å²) in [5.41, 5.74) is -3.07. The molecule has 0 amide bonds. The summed E-state index contributed by atoms with van der Waals surface area (Å²) < 4.78 is 75.3. The molecule has 0 fully saturated rings. The van der Waals surface area contributed by atoms with Crippen molar-refractivity contribution in [3.05, 3.63) is 34.9 Å². The van der Waals surface area contributed by atoms with E-state index in [1.54, 1.807) is 0 Å². The molecular formula is C11H11F6NO. The molecule has 2 nitrogen and oxygen atoms in total. The van der Waals surface area contributed by atoms with E-state index in [-0.39, 0.29) is 11.6 Å². The van der Waals surface area contributed by atoms with Crippen LogP contribution >= 0.6 is 0 Å². The van der Waals surface area contributed by atoms with E-state index in [9.17, 15) is 26.3 Å². The molecule has 0 heterocycles. The SMILES string of the molecule is CN[C@H](CO)c1cc(C(F)(F)F)cc(C(F)(F)F)c1. The van der Waals surface area contributed by atoms with E-state index in [4.69, 9.17) is 5.11 Å². The van der Waals surface area contributed by atoms with Gasteiger partial charge in [0.1, 0.15) is 0 Å². The number of hydrogen-bond acceptors (Lipinski definition) is 2. The van der Waals surface area contributed by atoms with Gasteiger partial charge in [-0.15, -0.1) is 0 Å². The van der Waals surface area contributed by atoms with Gasteiger partial charge < -0.3 is 10.4 Å². The molecule has 8 heteroatoms. The largest absolute Gasteiger partial charge is 0.416 e. The highest BCUT2D eigenvalue weighted by Crippen LogP contribution is 2.37. The summed E-state index contributed by atoms with van der Waals surface area (Å²) in [5, 5.41) is 11.4. The molecule has 19 heavy (non-hydrogen) atoms. The third kappa shape index (κ3) is 3.84. The van der Waals surface area contributed by atoms with Gasteiger partial charge in [-0.3, -0.25) is 0 Å². The first-order valence-corrected chi connectivity index (χ1v) is 5.17. The molecule has 0 spiro atoms. The average molecular weight is 287 g/mol. The Balaban J connectivity index is 3.41. The number of rotatable bonds is 3. The number of alkyl halides is 6. The molecule has 108 valence electrons. The minimum Gasteiger partial charge on any atom is -0.394 e. The summed E-state index contributed by atoms with van der Waals surface area (Å²) in [6, 6.07) is 0.232. The highest BCUT2D eigenvalue weighted by atomic mass is 19.4. The minimum atomic E-state index is -4.89. The molecule has 0 saturated heterocycles. The zero-order valence-electron chi connectivity index (χ0n) is 9.73. The number of halogens is 6. The third-order valence-corrected chi connectivity index (χ3v) is 2.54. The standard InChI is InChI=1S/C11H11F6NO/c1-18-9(5-19)6-2-7(10(12,13)14)4-8(3-6)11(15,16)17/h2-4,9,18-19H,5H2,1H3/t9-/m1/s1. The van der Waals surface area contributed by atoms with Gasteiger partial charge in [-0.05, 0) is 30.8 Å². The van der Waals surface area contributed by atoms with Gasteiger partial charge in [0.05, 0.1) is 23.8 Å². The lowest BCUT2D eigenvalue weighted by Gasteiger charge is -2.18. The third-order valence-electron chi connectivity index (χ3n) is 2.54. The Hall–Kier alpha value is -1.28. The Kier molecular flexibility index (Phi) is 4.46. The predicted octanol–water partition coefficient (Wildman–Crippen LogP) is 2.98. The van der Waals surface area contributed by atoms with Crippen LogP contribution in [-0.2, 0) is 12.4 Å². The van der Waals surface area contributed by atoms with E-state index in [2.05, 4.69) is 5.32 Å². The van der Waals surface area contributed by atoms with Gasteiger partial charge in [-0.2, -0.15) is 26.3 Å². The van der Waals surface area contributed by atoms with Crippen LogP contribution in [0.1, 0.15) is 22.7 Å². The van der Waals surface area contributed by atoms with Crippen LogP contribution in [0.3, 0.4) is 0 Å². The molecular weight excluding hydrogens is 276 g/mol. The first-order chi connectivity index (χ1) is 8.59. The van der Waals surface area contributed by atoms with Gasteiger partial charge in [-0.1, -0.05) is 0 Å². The van der Waals surface area contributed by atoms with Crippen LogP contribution in [0.5, 0.6) is 0 Å². The van der Waals surface area contributed by atoms with Crippen molar-refractivity contribution in [3.8, 4) is 0 Å². The summed E-state index contributed by atoms with van der Waals surface area (Å²) in [4.78, 5) is 0. The van der Waals surface area contributed by atoms with Crippen molar-refractivity contribution in [2.75, 3.05) is 13.7 Å². The second-order valence-electron chi connectivity index (χ2n) is 3.86. The number of hydrogen-bond donors (Lipinski definition) is 2. The summed E-state index contributed by atoms with van der Waals surface area (Å²) in [7, 11) is 1.33. The molecule has 2 N–H and O–H groups in total. The maximum absolute atomic E-state index is 12.6. The molecule has 0 aliphatic carbocycles. The van der Waals surface area contributed by atoms with Gasteiger partial charge in [0.15, 0.2) is 0 Å². The molecule has 0 unspecified atom stereocenters. The lowest BCUT2D eigenvalue weighted by atomic mass is 10.00. The molecule has 1 aromatic carbocycles. The van der Waals surface area contributed by atoms with Gasteiger partial charge in [0, 0.05) is 0 Å². The van der Waals surface area contributed by atoms with Crippen LogP contribution in [0.25, 0.3) is 0 Å². The van der Waals surface area contributed by atoms with Gasteiger partial charge in [0.2, 0.25) is 0 Å². The topological polar surface area (TPSA) is 32.3 Å². The molecule has 0 bridgehead atoms. The maximum Gasteiger partial charge on any atom is 0.416 e. The van der Waals surface area contributed by atoms with Crippen molar-refractivity contribution < 1.29 is 31.4 Å². The number of nitrogens with one attached hydrogen (secondary N) is 1. The molecule has 1 rings (SSSR count). The van der Waals surface area contributed by atoms with Gasteiger partial charge in [0.25, 0.3) is 0 Å². The van der Waals surface area contributed by atoms with Crippen molar-refractivity contribution in [2.45, 2.75) is 18.4 Å². The van der Waals surface area contributed by atoms with Gasteiger partial charge in [-0.25, -0.2) is 0 Å². The zero-order valence-corrected chi connectivity index (χ0v) is 9.73. The number of aliphatic hydroxyl groups is 1. The quantitative estimate of drug-likeness (QED) is 0.838. The first kappa shape index (κ1) is 15.8. The Bertz CT molecular complexity index is 404. The average Bonchev–Trinajstić information content (AvgIpc) is 2.28. The highest BCUT2D eigenvalue weighted by molar-refractivity contribution is 5.35. The van der Waals surface area contributed by atoms with E-state index < -0.39 is 36.1 Å². The summed E-state index contributed by atoms with van der Waals surface area (Å²) in [5.74, 6) is 0. The predicted molar refractivity (Wildman–Crippen MR) is 55.3 cm³/mol. The van der Waals surface area contributed by atoms with Crippen LogP contribution < -0.4 is 5.32 Å². The second-order valence-corrected chi connectivity index (χ2v) is 3.86. The van der Waals surface area contributed by atoms with Crippen LogP contribution in [0.2, 0.25) is 0 Å². The minimum absolute atomic E-state index is 0.0492. The number of aliphatic hydroxyl groups excluding tert-OH is 1. The van der Waals surface area contributed by atoms with Crippen molar-refractivity contribution in [3.63, 3.8) is 0 Å². The number of likely N-dealkylation sites (N-methyl/N-ethyl adjacent to an activating group) is 1. The molecule has 0 aliphatic rings. The maximum atomic E-state index is 12.6. The van der Waals surface area contributed by atoms with Crippen molar-refractivity contribution in [1.29, 1.82) is 0 Å². The molecule has 1 aromatic rings. The van der Waals surface area contributed by atoms with Crippen LogP contribution in [0.4, 0.5) is 26.3 Å². The van der Waals surface area contributed by atoms with E-state index >= 15 is 0 Å². The van der Waals surface area contributed by atoms with Crippen molar-refractivity contribution >= 4 is 0 Å². The van der Waals surface area contributed by atoms with E-state index in [1.807, 2.05) is 0 Å².